The van der Waals surface area contributed by atoms with Crippen LogP contribution >= 0.6 is 12.4 Å². The second-order valence-corrected chi connectivity index (χ2v) is 10.2. The second kappa shape index (κ2) is 9.32. The molecule has 2 rings (SSSR count). The molecule has 0 spiro atoms. The fourth-order valence-electron chi connectivity index (χ4n) is 3.14. The Morgan fingerprint density at radius 3 is 2.28 bits per heavy atom. The van der Waals surface area contributed by atoms with E-state index in [0.717, 1.165) is 25.7 Å². The van der Waals surface area contributed by atoms with Crippen LogP contribution in [0.5, 0.6) is 0 Å². The Hall–Kier alpha value is -0.670. The molecule has 1 aliphatic rings. The van der Waals surface area contributed by atoms with Crippen LogP contribution < -0.4 is 10.5 Å². The normalized spacial score (nSPS) is 17.7. The zero-order chi connectivity index (χ0) is 17.8. The fraction of sp³-hybridized carbons (Fsp3) is 0.625. The molecule has 0 amide bonds. The Morgan fingerprint density at radius 1 is 1.12 bits per heavy atom. The number of nitrogens with two attached hydrogens (primary N) is 1. The van der Waals surface area contributed by atoms with Crippen LogP contribution in [0.1, 0.15) is 39.0 Å². The maximum Gasteiger partial charge on any atom is 0.240 e. The third-order valence-corrected chi connectivity index (χ3v) is 7.85. The molecule has 0 aliphatic heterocycles. The molecule has 0 radical (unpaired) electrons. The highest BCUT2D eigenvalue weighted by molar-refractivity contribution is 7.91. The summed E-state index contributed by atoms with van der Waals surface area (Å²) in [5, 5.41) is 0. The molecule has 0 saturated heterocycles. The Kier molecular flexibility index (Phi) is 8.34. The van der Waals surface area contributed by atoms with Crippen molar-refractivity contribution >= 4 is 32.3 Å². The van der Waals surface area contributed by atoms with Crippen molar-refractivity contribution in [2.75, 3.05) is 12.3 Å². The first-order valence-corrected chi connectivity index (χ1v) is 11.5. The lowest BCUT2D eigenvalue weighted by atomic mass is 9.84. The number of nitrogens with one attached hydrogen (secondary N) is 1. The minimum atomic E-state index is -3.81. The van der Waals surface area contributed by atoms with Gasteiger partial charge in [0, 0.05) is 12.6 Å². The first-order chi connectivity index (χ1) is 11.3. The number of hydrogen-bond acceptors (Lipinski definition) is 5. The van der Waals surface area contributed by atoms with Gasteiger partial charge < -0.3 is 5.73 Å². The summed E-state index contributed by atoms with van der Waals surface area (Å²) >= 11 is 0. The summed E-state index contributed by atoms with van der Waals surface area (Å²) in [7, 11) is -7.26. The van der Waals surface area contributed by atoms with Gasteiger partial charge in [-0.1, -0.05) is 32.3 Å². The van der Waals surface area contributed by atoms with Crippen LogP contribution in [0.2, 0.25) is 0 Å². The van der Waals surface area contributed by atoms with Gasteiger partial charge >= 0.3 is 0 Å². The van der Waals surface area contributed by atoms with E-state index in [0.29, 0.717) is 0 Å². The molecule has 9 heteroatoms. The second-order valence-electron chi connectivity index (χ2n) is 6.24. The van der Waals surface area contributed by atoms with Crippen molar-refractivity contribution in [3.8, 4) is 0 Å². The number of rotatable bonds is 7. The summed E-state index contributed by atoms with van der Waals surface area (Å²) in [5.41, 5.74) is 5.79. The summed E-state index contributed by atoms with van der Waals surface area (Å²) in [5.74, 6) is 0.165. The van der Waals surface area contributed by atoms with Gasteiger partial charge in [0.05, 0.1) is 15.5 Å². The maximum atomic E-state index is 12.7. The van der Waals surface area contributed by atoms with Gasteiger partial charge in [0.1, 0.15) is 0 Å². The van der Waals surface area contributed by atoms with Gasteiger partial charge in [0.25, 0.3) is 0 Å². The summed E-state index contributed by atoms with van der Waals surface area (Å²) in [6, 6.07) is 5.18. The highest BCUT2D eigenvalue weighted by atomic mass is 35.5. The number of sulfonamides is 1. The summed E-state index contributed by atoms with van der Waals surface area (Å²) < 4.78 is 51.9. The minimum absolute atomic E-state index is 0. The third kappa shape index (κ3) is 5.65. The van der Waals surface area contributed by atoms with Crippen LogP contribution in [0.3, 0.4) is 0 Å². The SMILES string of the molecule is CCS(=O)(=O)c1cccc(S(=O)(=O)NC(CN)C2CCCCC2)c1.Cl. The van der Waals surface area contributed by atoms with Gasteiger partial charge in [-0.15, -0.1) is 12.4 Å². The van der Waals surface area contributed by atoms with E-state index >= 15 is 0 Å². The summed E-state index contributed by atoms with van der Waals surface area (Å²) in [6.45, 7) is 1.76. The van der Waals surface area contributed by atoms with E-state index in [1.165, 1.54) is 37.6 Å². The number of hydrogen-bond donors (Lipinski definition) is 2. The van der Waals surface area contributed by atoms with Crippen molar-refractivity contribution in [2.45, 2.75) is 54.9 Å². The first-order valence-electron chi connectivity index (χ1n) is 8.35. The molecule has 1 aliphatic carbocycles. The number of benzene rings is 1. The van der Waals surface area contributed by atoms with Crippen LogP contribution in [0.15, 0.2) is 34.1 Å². The predicted octanol–water partition coefficient (Wildman–Crippen LogP) is 2.09. The Labute approximate surface area is 157 Å². The molecule has 1 atom stereocenters. The molecule has 25 heavy (non-hydrogen) atoms. The van der Waals surface area contributed by atoms with Crippen LogP contribution in [0.25, 0.3) is 0 Å². The molecule has 0 heterocycles. The third-order valence-electron chi connectivity index (χ3n) is 4.63. The van der Waals surface area contributed by atoms with Gasteiger partial charge in [0.2, 0.25) is 10.0 Å². The van der Waals surface area contributed by atoms with Gasteiger partial charge in [-0.05, 0) is 37.0 Å². The fourth-order valence-corrected chi connectivity index (χ4v) is 5.51. The van der Waals surface area contributed by atoms with E-state index in [9.17, 15) is 16.8 Å². The van der Waals surface area contributed by atoms with Crippen molar-refractivity contribution in [2.24, 2.45) is 11.7 Å². The van der Waals surface area contributed by atoms with Crippen LogP contribution in [0.4, 0.5) is 0 Å². The van der Waals surface area contributed by atoms with Crippen LogP contribution in [0, 0.1) is 5.92 Å². The van der Waals surface area contributed by atoms with E-state index in [2.05, 4.69) is 4.72 Å². The van der Waals surface area contributed by atoms with E-state index in [4.69, 9.17) is 5.73 Å². The maximum absolute atomic E-state index is 12.7. The lowest BCUT2D eigenvalue weighted by Gasteiger charge is -2.29. The topological polar surface area (TPSA) is 106 Å². The number of halogens is 1. The molecule has 1 aromatic rings. The Morgan fingerprint density at radius 2 is 1.72 bits per heavy atom. The zero-order valence-corrected chi connectivity index (χ0v) is 16.8. The molecular formula is C16H27ClN2O4S2. The van der Waals surface area contributed by atoms with Gasteiger partial charge in [-0.3, -0.25) is 0 Å². The monoisotopic (exact) mass is 410 g/mol. The predicted molar refractivity (Wildman–Crippen MR) is 101 cm³/mol. The highest BCUT2D eigenvalue weighted by Gasteiger charge is 2.28. The molecule has 1 unspecified atom stereocenters. The zero-order valence-electron chi connectivity index (χ0n) is 14.3. The molecule has 3 N–H and O–H groups in total. The summed E-state index contributed by atoms with van der Waals surface area (Å²) in [6.07, 6.45) is 5.29. The minimum Gasteiger partial charge on any atom is -0.329 e. The average Bonchev–Trinajstić information content (AvgIpc) is 2.60. The largest absolute Gasteiger partial charge is 0.329 e. The van der Waals surface area contributed by atoms with Crippen molar-refractivity contribution < 1.29 is 16.8 Å². The molecule has 1 fully saturated rings. The molecule has 144 valence electrons. The van der Waals surface area contributed by atoms with E-state index in [1.807, 2.05) is 0 Å². The van der Waals surface area contributed by atoms with Gasteiger partial charge in [0.15, 0.2) is 9.84 Å². The Bertz CT molecular complexity index is 760. The lowest BCUT2D eigenvalue weighted by molar-refractivity contribution is 0.294. The van der Waals surface area contributed by atoms with Gasteiger partial charge in [-0.2, -0.15) is 0 Å². The van der Waals surface area contributed by atoms with E-state index < -0.39 is 19.9 Å². The molecule has 6 nitrogen and oxygen atoms in total. The lowest BCUT2D eigenvalue weighted by Crippen LogP contribution is -2.45. The molecule has 0 bridgehead atoms. The first kappa shape index (κ1) is 22.4. The number of sulfone groups is 1. The van der Waals surface area contributed by atoms with Gasteiger partial charge in [-0.25, -0.2) is 21.6 Å². The molecule has 1 saturated carbocycles. The van der Waals surface area contributed by atoms with Crippen LogP contribution in [-0.4, -0.2) is 35.2 Å². The van der Waals surface area contributed by atoms with Crippen molar-refractivity contribution in [3.05, 3.63) is 24.3 Å². The molecule has 1 aromatic carbocycles. The Balaban J connectivity index is 0.00000312. The quantitative estimate of drug-likeness (QED) is 0.715. The standard InChI is InChI=1S/C16H26N2O4S2.ClH/c1-2-23(19,20)14-9-6-10-15(11-14)24(21,22)18-16(12-17)13-7-4-3-5-8-13;/h6,9-11,13,16,18H,2-5,7-8,12,17H2,1H3;1H. The van der Waals surface area contributed by atoms with Crippen molar-refractivity contribution in [3.63, 3.8) is 0 Å². The summed E-state index contributed by atoms with van der Waals surface area (Å²) in [4.78, 5) is -0.0128. The molecular weight excluding hydrogens is 384 g/mol. The van der Waals surface area contributed by atoms with E-state index in [1.54, 1.807) is 0 Å². The highest BCUT2D eigenvalue weighted by Crippen LogP contribution is 2.27. The average molecular weight is 411 g/mol. The van der Waals surface area contributed by atoms with E-state index in [-0.39, 0.29) is 46.5 Å². The smallest absolute Gasteiger partial charge is 0.240 e. The van der Waals surface area contributed by atoms with Crippen molar-refractivity contribution in [1.82, 2.24) is 4.72 Å². The van der Waals surface area contributed by atoms with Crippen molar-refractivity contribution in [1.29, 1.82) is 0 Å². The molecule has 0 aromatic heterocycles. The van der Waals surface area contributed by atoms with Crippen LogP contribution in [-0.2, 0) is 19.9 Å².